The summed E-state index contributed by atoms with van der Waals surface area (Å²) in [5, 5.41) is 3.98. The van der Waals surface area contributed by atoms with Crippen molar-refractivity contribution in [3.63, 3.8) is 0 Å². The van der Waals surface area contributed by atoms with E-state index in [1.54, 1.807) is 6.07 Å². The highest BCUT2D eigenvalue weighted by Gasteiger charge is 2.32. The molecule has 0 amide bonds. The summed E-state index contributed by atoms with van der Waals surface area (Å²) in [5.74, 6) is -0.256. The first-order valence-electron chi connectivity index (χ1n) is 6.39. The molecule has 0 saturated heterocycles. The lowest BCUT2D eigenvalue weighted by atomic mass is 10.1. The van der Waals surface area contributed by atoms with Gasteiger partial charge in [-0.1, -0.05) is 4.68 Å². The van der Waals surface area contributed by atoms with E-state index in [4.69, 9.17) is 0 Å². The summed E-state index contributed by atoms with van der Waals surface area (Å²) < 4.78 is 66.0. The Morgan fingerprint density at radius 3 is 2.57 bits per heavy atom. The number of pyridine rings is 1. The molecule has 0 aromatic carbocycles. The van der Waals surface area contributed by atoms with E-state index in [2.05, 4.69) is 14.3 Å². The standard InChI is InChI=1S/C13H13F3N3O3S/c1-22-23(20,21)7-6-19-5-3-11(9-18-19)10-2-4-17-12(8-10)13(14,15)16/h2-5,8-9H,6-7H2,1H3/q+1. The molecule has 2 aromatic heterocycles. The molecular formula is C13H13F3N3O3S+. The normalized spacial score (nSPS) is 12.3. The minimum absolute atomic E-state index is 0.0700. The number of hydrogen-bond donors (Lipinski definition) is 0. The van der Waals surface area contributed by atoms with Crippen LogP contribution in [0, 0.1) is 0 Å². The lowest BCUT2D eigenvalue weighted by molar-refractivity contribution is -0.750. The molecule has 0 aliphatic carbocycles. The van der Waals surface area contributed by atoms with Gasteiger partial charge in [-0.15, -0.1) is 0 Å². The molecule has 0 radical (unpaired) electrons. The zero-order chi connectivity index (χ0) is 17.1. The van der Waals surface area contributed by atoms with Crippen molar-refractivity contribution in [1.29, 1.82) is 0 Å². The molecule has 0 N–H and O–H groups in total. The molecule has 23 heavy (non-hydrogen) atoms. The topological polar surface area (TPSA) is 73.0 Å². The zero-order valence-corrected chi connectivity index (χ0v) is 12.8. The van der Waals surface area contributed by atoms with E-state index in [9.17, 15) is 21.6 Å². The van der Waals surface area contributed by atoms with Crippen LogP contribution in [0.5, 0.6) is 0 Å². The summed E-state index contributed by atoms with van der Waals surface area (Å²) in [5.41, 5.74) is -0.210. The average molecular weight is 348 g/mol. The molecule has 6 nitrogen and oxygen atoms in total. The second-order valence-electron chi connectivity index (χ2n) is 4.53. The quantitative estimate of drug-likeness (QED) is 0.604. The molecule has 0 saturated carbocycles. The van der Waals surface area contributed by atoms with Crippen molar-refractivity contribution in [2.24, 2.45) is 0 Å². The lowest BCUT2D eigenvalue weighted by Crippen LogP contribution is -2.40. The Bertz CT molecular complexity index is 777. The van der Waals surface area contributed by atoms with Crippen molar-refractivity contribution < 1.29 is 30.5 Å². The summed E-state index contributed by atoms with van der Waals surface area (Å²) in [6, 6.07) is 3.91. The van der Waals surface area contributed by atoms with Crippen LogP contribution in [0.25, 0.3) is 11.1 Å². The molecule has 2 aromatic rings. The summed E-state index contributed by atoms with van der Waals surface area (Å²) in [7, 11) is -2.53. The SMILES string of the molecule is COS(=O)(=O)CC[n+]1ccc(-c2ccnc(C(F)(F)F)c2)cn1. The van der Waals surface area contributed by atoms with Gasteiger partial charge in [0.05, 0.1) is 7.11 Å². The Morgan fingerprint density at radius 2 is 2.00 bits per heavy atom. The third kappa shape index (κ3) is 4.70. The van der Waals surface area contributed by atoms with E-state index in [0.29, 0.717) is 11.1 Å². The van der Waals surface area contributed by atoms with Crippen LogP contribution in [0.3, 0.4) is 0 Å². The Kier molecular flexibility index (Phi) is 4.95. The number of alkyl halides is 3. The molecule has 0 bridgehead atoms. The van der Waals surface area contributed by atoms with Crippen LogP contribution in [-0.4, -0.2) is 31.4 Å². The Hall–Kier alpha value is -2.07. The molecule has 0 unspecified atom stereocenters. The van der Waals surface area contributed by atoms with Crippen LogP contribution in [0.2, 0.25) is 0 Å². The van der Waals surface area contributed by atoms with Gasteiger partial charge in [-0.2, -0.15) is 21.6 Å². The predicted molar refractivity (Wildman–Crippen MR) is 73.5 cm³/mol. The monoisotopic (exact) mass is 348 g/mol. The maximum absolute atomic E-state index is 12.6. The second-order valence-corrected chi connectivity index (χ2v) is 6.39. The maximum Gasteiger partial charge on any atom is 0.433 e. The van der Waals surface area contributed by atoms with E-state index in [-0.39, 0.29) is 12.3 Å². The Labute approximate surface area is 130 Å². The van der Waals surface area contributed by atoms with Crippen LogP contribution in [0.1, 0.15) is 5.69 Å². The van der Waals surface area contributed by atoms with Gasteiger partial charge < -0.3 is 0 Å². The molecule has 0 atom stereocenters. The molecule has 0 spiro atoms. The van der Waals surface area contributed by atoms with Gasteiger partial charge in [0.1, 0.15) is 17.6 Å². The molecule has 124 valence electrons. The highest BCUT2D eigenvalue weighted by Crippen LogP contribution is 2.29. The summed E-state index contributed by atoms with van der Waals surface area (Å²) in [4.78, 5) is 3.29. The minimum Gasteiger partial charge on any atom is -0.273 e. The third-order valence-electron chi connectivity index (χ3n) is 2.98. The van der Waals surface area contributed by atoms with E-state index in [0.717, 1.165) is 19.4 Å². The van der Waals surface area contributed by atoms with Crippen molar-refractivity contribution in [2.45, 2.75) is 12.7 Å². The zero-order valence-electron chi connectivity index (χ0n) is 12.0. The van der Waals surface area contributed by atoms with Crippen molar-refractivity contribution >= 4 is 10.1 Å². The summed E-state index contributed by atoms with van der Waals surface area (Å²) in [6.07, 6.45) is -0.611. The first-order chi connectivity index (χ1) is 10.7. The molecule has 2 heterocycles. The number of aryl methyl sites for hydroxylation is 1. The molecule has 2 rings (SSSR count). The number of rotatable bonds is 5. The maximum atomic E-state index is 12.6. The number of hydrogen-bond acceptors (Lipinski definition) is 5. The van der Waals surface area contributed by atoms with Gasteiger partial charge in [0, 0.05) is 17.8 Å². The highest BCUT2D eigenvalue weighted by atomic mass is 32.2. The van der Waals surface area contributed by atoms with Gasteiger partial charge in [-0.25, -0.2) is 0 Å². The van der Waals surface area contributed by atoms with Gasteiger partial charge >= 0.3 is 6.18 Å². The third-order valence-corrected chi connectivity index (χ3v) is 4.17. The fourth-order valence-corrected chi connectivity index (χ4v) is 2.32. The Balaban J connectivity index is 2.17. The fraction of sp³-hybridized carbons (Fsp3) is 0.308. The van der Waals surface area contributed by atoms with Crippen LogP contribution >= 0.6 is 0 Å². The van der Waals surface area contributed by atoms with Gasteiger partial charge in [-0.3, -0.25) is 9.17 Å². The van der Waals surface area contributed by atoms with Crippen molar-refractivity contribution in [2.75, 3.05) is 12.9 Å². The molecule has 10 heteroatoms. The largest absolute Gasteiger partial charge is 0.433 e. The first-order valence-corrected chi connectivity index (χ1v) is 7.97. The number of aromatic nitrogens is 3. The van der Waals surface area contributed by atoms with Gasteiger partial charge in [0.15, 0.2) is 12.7 Å². The molecule has 0 aliphatic rings. The number of halogens is 3. The second kappa shape index (κ2) is 6.59. The summed E-state index contributed by atoms with van der Waals surface area (Å²) >= 11 is 0. The average Bonchev–Trinajstić information content (AvgIpc) is 2.53. The highest BCUT2D eigenvalue weighted by molar-refractivity contribution is 7.86. The van der Waals surface area contributed by atoms with Gasteiger partial charge in [0.25, 0.3) is 10.1 Å². The number of nitrogens with zero attached hydrogens (tertiary/aromatic N) is 3. The van der Waals surface area contributed by atoms with E-state index in [1.165, 1.54) is 23.1 Å². The van der Waals surface area contributed by atoms with Crippen LogP contribution < -0.4 is 4.68 Å². The molecular weight excluding hydrogens is 335 g/mol. The summed E-state index contributed by atoms with van der Waals surface area (Å²) in [6.45, 7) is 0.0700. The van der Waals surface area contributed by atoms with E-state index >= 15 is 0 Å². The van der Waals surface area contributed by atoms with Gasteiger partial charge in [0.2, 0.25) is 0 Å². The van der Waals surface area contributed by atoms with Crippen molar-refractivity contribution in [1.82, 2.24) is 10.1 Å². The molecule has 0 fully saturated rings. The van der Waals surface area contributed by atoms with Crippen LogP contribution in [0.4, 0.5) is 13.2 Å². The fourth-order valence-electron chi connectivity index (χ4n) is 1.74. The Morgan fingerprint density at radius 1 is 1.26 bits per heavy atom. The van der Waals surface area contributed by atoms with E-state index < -0.39 is 22.0 Å². The smallest absolute Gasteiger partial charge is 0.273 e. The van der Waals surface area contributed by atoms with Crippen molar-refractivity contribution in [3.8, 4) is 11.1 Å². The van der Waals surface area contributed by atoms with Crippen LogP contribution in [0.15, 0.2) is 36.8 Å². The first kappa shape index (κ1) is 17.3. The van der Waals surface area contributed by atoms with E-state index in [1.807, 2.05) is 0 Å². The predicted octanol–water partition coefficient (Wildman–Crippen LogP) is 1.43. The molecule has 0 aliphatic heterocycles. The van der Waals surface area contributed by atoms with Crippen LogP contribution in [-0.2, 0) is 27.0 Å². The van der Waals surface area contributed by atoms with Crippen molar-refractivity contribution in [3.05, 3.63) is 42.5 Å². The minimum atomic E-state index is -4.52. The van der Waals surface area contributed by atoms with Gasteiger partial charge in [-0.05, 0) is 22.8 Å². The lowest BCUT2D eigenvalue weighted by Gasteiger charge is -2.07.